The number of amides is 1. The Morgan fingerprint density at radius 3 is 2.35 bits per heavy atom. The molecule has 1 aromatic rings. The van der Waals surface area contributed by atoms with E-state index in [1.54, 1.807) is 46.9 Å². The second-order valence-corrected chi connectivity index (χ2v) is 20.8. The lowest BCUT2D eigenvalue weighted by Crippen LogP contribution is -2.61. The van der Waals surface area contributed by atoms with Gasteiger partial charge in [0.15, 0.2) is 41.4 Å². The van der Waals surface area contributed by atoms with E-state index in [1.165, 1.54) is 25.6 Å². The van der Waals surface area contributed by atoms with Crippen LogP contribution in [0.1, 0.15) is 101 Å². The number of aliphatic hydroxyl groups excluding tert-OH is 1. The number of hydroxylamine groups is 1. The van der Waals surface area contributed by atoms with Crippen molar-refractivity contribution >= 4 is 40.5 Å². The van der Waals surface area contributed by atoms with E-state index in [-0.39, 0.29) is 48.3 Å². The largest absolute Gasteiger partial charge is 0.509 e. The highest BCUT2D eigenvalue weighted by Gasteiger charge is 2.58. The molecule has 0 bridgehead atoms. The Balaban J connectivity index is 1.51. The minimum atomic E-state index is -1.63. The Kier molecular flexibility index (Phi) is 18.5. The molecule has 1 amide bonds. The number of methoxy groups -OCH3 is 1. The number of rotatable bonds is 11. The van der Waals surface area contributed by atoms with Crippen LogP contribution in [0.3, 0.4) is 0 Å². The third-order valence-corrected chi connectivity index (χ3v) is 14.8. The van der Waals surface area contributed by atoms with Crippen LogP contribution in [0.2, 0.25) is 0 Å². The molecule has 0 aliphatic carbocycles. The smallest absolute Gasteiger partial charge is 0.458 e. The van der Waals surface area contributed by atoms with Crippen molar-refractivity contribution in [1.29, 1.82) is 0 Å². The second kappa shape index (κ2) is 22.7. The number of hydrogen-bond donors (Lipinski definition) is 5. The monoisotopic (exact) mass is 988 g/mol. The number of esters is 1. The minimum Gasteiger partial charge on any atom is -0.458 e. The third kappa shape index (κ3) is 12.5. The molecule has 0 aromatic carbocycles. The van der Waals surface area contributed by atoms with Crippen LogP contribution in [0, 0.1) is 17.8 Å². The lowest BCUT2D eigenvalue weighted by atomic mass is 9.77. The number of nitrogens with two attached hydrogens (primary N) is 1. The SMILES string of the molecule is CC[C@H]1OC(=O)[C@H](C)[C@@H](O[C@H]2C[C@@](C)(OC)[C@@H](OC(=O)N/N=C(\NOC)c3csc(N)n3)[C@H](C)O2)[C@H](C)[C@@H](O[C@@H]2O[C@H](C)C[C@H](N(C)C)[C@H]2O)[C@](C)(O)C[C@@H](C)CN(C)[C@H](C)[C@@H]2OC(=O)O[C@]12C. The fraction of sp³-hybridized carbons (Fsp3) is 0.844. The van der Waals surface area contributed by atoms with E-state index in [9.17, 15) is 24.6 Å². The number of aliphatic hydroxyl groups is 2. The van der Waals surface area contributed by atoms with Crippen LogP contribution >= 0.6 is 11.3 Å². The predicted molar refractivity (Wildman–Crippen MR) is 248 cm³/mol. The number of nitrogens with one attached hydrogen (secondary N) is 2. The van der Waals surface area contributed by atoms with Crippen molar-refractivity contribution in [2.24, 2.45) is 22.9 Å². The molecule has 18 atom stereocenters. The molecule has 0 spiro atoms. The summed E-state index contributed by atoms with van der Waals surface area (Å²) < 4.78 is 56.4. The molecule has 5 rings (SSSR count). The van der Waals surface area contributed by atoms with Crippen molar-refractivity contribution in [2.45, 2.75) is 185 Å². The Hall–Kier alpha value is -3.49. The number of likely N-dealkylation sites (N-methyl/N-ethyl adjacent to an activating group) is 2. The van der Waals surface area contributed by atoms with E-state index < -0.39 is 108 Å². The third-order valence-electron chi connectivity index (χ3n) is 14.1. The summed E-state index contributed by atoms with van der Waals surface area (Å²) in [5, 5.41) is 30.5. The molecular weight excluding hydrogens is 911 g/mol. The van der Waals surface area contributed by atoms with Crippen LogP contribution < -0.4 is 16.6 Å². The second-order valence-electron chi connectivity index (χ2n) is 19.9. The van der Waals surface area contributed by atoms with Gasteiger partial charge in [0.2, 0.25) is 0 Å². The first kappa shape index (κ1) is 55.4. The van der Waals surface area contributed by atoms with Crippen molar-refractivity contribution in [2.75, 3.05) is 47.6 Å². The molecule has 388 valence electrons. The highest BCUT2D eigenvalue weighted by atomic mass is 32.1. The maximum atomic E-state index is 14.7. The maximum absolute atomic E-state index is 14.7. The van der Waals surface area contributed by atoms with Gasteiger partial charge in [-0.05, 0) is 94.8 Å². The predicted octanol–water partition coefficient (Wildman–Crippen LogP) is 3.37. The van der Waals surface area contributed by atoms with Gasteiger partial charge in [0.1, 0.15) is 23.5 Å². The zero-order valence-corrected chi connectivity index (χ0v) is 43.1. The lowest BCUT2D eigenvalue weighted by molar-refractivity contribution is -0.317. The standard InChI is InChI=1S/C45H77N7O15S/c1-16-30-45(10)35(66-42(56)67-45)26(6)52(13)20-22(2)18-43(8,57)34(64-39-32(53)29(51(11)12)17-23(3)60-39)24(4)33(25(5)38(54)62-30)63-31-19-44(9,58-14)36(27(7)61-31)65-41(55)49-48-37(50-59-15)28-21-68-40(46)47-28/h21-27,29-36,39,53,57H,16-20H2,1-15H3,(H2,46,47)(H,48,50)(H,49,55)/t22-,23-,24+,25-,26-,27+,29+,30-,31+,32-,33+,34-,35+,36+,39+,43-,44-,45-/m1/s1. The van der Waals surface area contributed by atoms with Crippen molar-refractivity contribution in [3.05, 3.63) is 11.1 Å². The first-order valence-electron chi connectivity index (χ1n) is 23.4. The molecule has 4 fully saturated rings. The van der Waals surface area contributed by atoms with Gasteiger partial charge >= 0.3 is 18.2 Å². The maximum Gasteiger partial charge on any atom is 0.509 e. The average molecular weight is 988 g/mol. The molecule has 0 unspecified atom stereocenters. The summed E-state index contributed by atoms with van der Waals surface area (Å²) in [4.78, 5) is 54.0. The number of carbonyl (C=O) groups excluding carboxylic acids is 3. The average Bonchev–Trinajstić information content (AvgIpc) is 3.84. The minimum absolute atomic E-state index is 0.00506. The van der Waals surface area contributed by atoms with Crippen LogP contribution in [0.15, 0.2) is 10.5 Å². The summed E-state index contributed by atoms with van der Waals surface area (Å²) in [5.74, 6) is -2.71. The van der Waals surface area contributed by atoms with Gasteiger partial charge in [-0.15, -0.1) is 16.4 Å². The number of aromatic nitrogens is 1. The fourth-order valence-electron chi connectivity index (χ4n) is 10.4. The van der Waals surface area contributed by atoms with Crippen molar-refractivity contribution in [3.63, 3.8) is 0 Å². The number of fused-ring (bicyclic) bond motifs is 1. The van der Waals surface area contributed by atoms with Crippen LogP contribution in [0.5, 0.6) is 0 Å². The lowest BCUT2D eigenvalue weighted by Gasteiger charge is -2.49. The summed E-state index contributed by atoms with van der Waals surface area (Å²) >= 11 is 1.18. The number of nitrogen functional groups attached to an aromatic ring is 1. The summed E-state index contributed by atoms with van der Waals surface area (Å²) in [6.07, 6.45) is -10.3. The van der Waals surface area contributed by atoms with Crippen molar-refractivity contribution < 1.29 is 72.1 Å². The van der Waals surface area contributed by atoms with Gasteiger partial charge in [0.05, 0.1) is 43.0 Å². The number of anilines is 1. The van der Waals surface area contributed by atoms with Gasteiger partial charge in [-0.3, -0.25) is 14.5 Å². The number of thiazole rings is 1. The first-order valence-corrected chi connectivity index (χ1v) is 24.3. The highest BCUT2D eigenvalue weighted by Crippen LogP contribution is 2.42. The molecule has 4 aliphatic heterocycles. The van der Waals surface area contributed by atoms with E-state index >= 15 is 0 Å². The van der Waals surface area contributed by atoms with Gasteiger partial charge in [-0.1, -0.05) is 20.8 Å². The fourth-order valence-corrected chi connectivity index (χ4v) is 11.0. The van der Waals surface area contributed by atoms with Crippen LogP contribution in [-0.4, -0.2) is 181 Å². The summed E-state index contributed by atoms with van der Waals surface area (Å²) in [6.45, 7) is 18.4. The summed E-state index contributed by atoms with van der Waals surface area (Å²) in [7, 11) is 8.49. The number of amidine groups is 1. The van der Waals surface area contributed by atoms with Crippen molar-refractivity contribution in [3.8, 4) is 0 Å². The first-order chi connectivity index (χ1) is 31.8. The van der Waals surface area contributed by atoms with E-state index in [0.717, 1.165) is 0 Å². The Morgan fingerprint density at radius 1 is 1.06 bits per heavy atom. The number of nitrogens with zero attached hydrogens (tertiary/aromatic N) is 4. The molecule has 68 heavy (non-hydrogen) atoms. The number of cyclic esters (lactones) is 1. The molecule has 1 aromatic heterocycles. The van der Waals surface area contributed by atoms with E-state index in [2.05, 4.69) is 21.0 Å². The summed E-state index contributed by atoms with van der Waals surface area (Å²) in [5.41, 5.74) is 6.80. The number of carbonyl (C=O) groups is 3. The van der Waals surface area contributed by atoms with Crippen molar-refractivity contribution in [1.82, 2.24) is 25.7 Å². The molecule has 5 heterocycles. The molecule has 6 N–H and O–H groups in total. The summed E-state index contributed by atoms with van der Waals surface area (Å²) in [6, 6.07) is -0.717. The Bertz CT molecular complexity index is 1900. The normalized spacial score (nSPS) is 41.4. The topological polar surface area (TPSA) is 266 Å². The molecule has 0 radical (unpaired) electrons. The van der Waals surface area contributed by atoms with Gasteiger partial charge in [0.25, 0.3) is 0 Å². The van der Waals surface area contributed by atoms with Gasteiger partial charge in [-0.2, -0.15) is 0 Å². The Morgan fingerprint density at radius 2 is 1.75 bits per heavy atom. The van der Waals surface area contributed by atoms with Crippen LogP contribution in [0.25, 0.3) is 0 Å². The van der Waals surface area contributed by atoms with Gasteiger partial charge < -0.3 is 63.5 Å². The zero-order chi connectivity index (χ0) is 50.6. The number of ether oxygens (including phenoxy) is 9. The Labute approximate surface area is 404 Å². The molecule has 4 saturated heterocycles. The molecule has 0 saturated carbocycles. The molecule has 23 heteroatoms. The van der Waals surface area contributed by atoms with Gasteiger partial charge in [0, 0.05) is 43.5 Å². The zero-order valence-electron chi connectivity index (χ0n) is 42.2. The quantitative estimate of drug-likeness (QED) is 0.0700. The van der Waals surface area contributed by atoms with Crippen LogP contribution in [0.4, 0.5) is 14.7 Å². The van der Waals surface area contributed by atoms with Crippen LogP contribution in [-0.2, 0) is 52.3 Å². The molecular formula is C45H77N7O15S. The molecule has 22 nitrogen and oxygen atoms in total. The highest BCUT2D eigenvalue weighted by molar-refractivity contribution is 7.13. The van der Waals surface area contributed by atoms with E-state index in [0.29, 0.717) is 18.7 Å². The number of hydrazone groups is 1. The number of hydrogen-bond acceptors (Lipinski definition) is 21. The molecule has 4 aliphatic rings. The van der Waals surface area contributed by atoms with E-state index in [4.69, 9.17) is 53.2 Å². The van der Waals surface area contributed by atoms with Gasteiger partial charge in [-0.25, -0.2) is 25.5 Å². The van der Waals surface area contributed by atoms with E-state index in [1.807, 2.05) is 58.6 Å².